The van der Waals surface area contributed by atoms with E-state index in [-0.39, 0.29) is 23.2 Å². The number of nitrogens with zero attached hydrogens (tertiary/aromatic N) is 1. The van der Waals surface area contributed by atoms with Gasteiger partial charge in [-0.2, -0.15) is 0 Å². The van der Waals surface area contributed by atoms with Gasteiger partial charge in [-0.3, -0.25) is 9.10 Å². The third kappa shape index (κ3) is 7.18. The Bertz CT molecular complexity index is 1170. The number of nitrogens with two attached hydrogens (primary N) is 1. The van der Waals surface area contributed by atoms with Gasteiger partial charge in [-0.1, -0.05) is 12.1 Å². The van der Waals surface area contributed by atoms with E-state index in [2.05, 4.69) is 5.32 Å². The van der Waals surface area contributed by atoms with E-state index >= 15 is 0 Å². The van der Waals surface area contributed by atoms with E-state index < -0.39 is 33.9 Å². The van der Waals surface area contributed by atoms with Crippen molar-refractivity contribution in [3.8, 4) is 5.75 Å². The van der Waals surface area contributed by atoms with Crippen molar-refractivity contribution in [2.45, 2.75) is 12.5 Å². The smallest absolute Gasteiger partial charge is 0.335 e. The third-order valence-corrected chi connectivity index (χ3v) is 6.01. The zero-order chi connectivity index (χ0) is 25.5. The molecule has 0 aliphatic heterocycles. The molecule has 0 bridgehead atoms. The number of aromatic carboxylic acids is 1. The van der Waals surface area contributed by atoms with Crippen molar-refractivity contribution >= 4 is 33.6 Å². The Kier molecular flexibility index (Phi) is 8.98. The topological polar surface area (TPSA) is 165 Å². The number of ether oxygens (including phenoxy) is 2. The number of carbonyl (C=O) groups is 3. The minimum Gasteiger partial charge on any atom is -0.492 e. The van der Waals surface area contributed by atoms with Crippen LogP contribution in [0.5, 0.6) is 5.75 Å². The summed E-state index contributed by atoms with van der Waals surface area (Å²) in [7, 11) is -1.31. The fraction of sp³-hybridized carbons (Fsp3) is 0.318. The second-order valence-electron chi connectivity index (χ2n) is 7.34. The van der Waals surface area contributed by atoms with Gasteiger partial charge in [0.2, 0.25) is 10.0 Å². The van der Waals surface area contributed by atoms with Gasteiger partial charge in [0, 0.05) is 25.6 Å². The quantitative estimate of drug-likeness (QED) is 0.381. The van der Waals surface area contributed by atoms with Crippen molar-refractivity contribution < 1.29 is 37.4 Å². The lowest BCUT2D eigenvalue weighted by Gasteiger charge is -2.20. The standard InChI is InChI=1S/C22H27N3O8S/c1-25(34(3,30)31)17-12-15(11-16(13-17)21(27)28)20(26)24-19(22(29)32-2)10-14-5-4-6-18(9-14)33-8-7-23/h4-6,9,11-13,19H,7-8,10,23H2,1-3H3,(H,24,26)(H,27,28)/t19-/m0/s1. The van der Waals surface area contributed by atoms with Gasteiger partial charge < -0.3 is 25.6 Å². The summed E-state index contributed by atoms with van der Waals surface area (Å²) in [6, 6.07) is 9.22. The predicted molar refractivity (Wildman–Crippen MR) is 125 cm³/mol. The zero-order valence-corrected chi connectivity index (χ0v) is 19.8. The zero-order valence-electron chi connectivity index (χ0n) is 19.0. The lowest BCUT2D eigenvalue weighted by molar-refractivity contribution is -0.142. The normalized spacial score (nSPS) is 11.9. The Morgan fingerprint density at radius 3 is 2.41 bits per heavy atom. The summed E-state index contributed by atoms with van der Waals surface area (Å²) in [5.74, 6) is -2.31. The molecule has 0 saturated carbocycles. The second kappa shape index (κ2) is 11.5. The molecule has 0 fully saturated rings. The van der Waals surface area contributed by atoms with Gasteiger partial charge in [-0.05, 0) is 35.9 Å². The van der Waals surface area contributed by atoms with E-state index in [0.717, 1.165) is 22.7 Å². The number of hydrogen-bond acceptors (Lipinski definition) is 8. The van der Waals surface area contributed by atoms with Crippen molar-refractivity contribution in [1.82, 2.24) is 5.32 Å². The van der Waals surface area contributed by atoms with Crippen LogP contribution in [0.15, 0.2) is 42.5 Å². The number of sulfonamides is 1. The summed E-state index contributed by atoms with van der Waals surface area (Å²) >= 11 is 0. The number of carbonyl (C=O) groups excluding carboxylic acids is 2. The summed E-state index contributed by atoms with van der Waals surface area (Å²) in [5.41, 5.74) is 5.65. The highest BCUT2D eigenvalue weighted by molar-refractivity contribution is 7.92. The summed E-state index contributed by atoms with van der Waals surface area (Å²) in [6.07, 6.45) is 1.01. The number of nitrogens with one attached hydrogen (secondary N) is 1. The number of anilines is 1. The van der Waals surface area contributed by atoms with Gasteiger partial charge in [0.15, 0.2) is 0 Å². The molecule has 0 saturated heterocycles. The highest BCUT2D eigenvalue weighted by Gasteiger charge is 2.25. The maximum atomic E-state index is 13.0. The first-order valence-electron chi connectivity index (χ1n) is 10.1. The van der Waals surface area contributed by atoms with E-state index in [1.165, 1.54) is 20.2 Å². The van der Waals surface area contributed by atoms with E-state index in [4.69, 9.17) is 15.2 Å². The molecule has 184 valence electrons. The Morgan fingerprint density at radius 2 is 1.82 bits per heavy atom. The molecule has 0 aliphatic carbocycles. The van der Waals surface area contributed by atoms with Crippen molar-refractivity contribution in [2.75, 3.05) is 37.9 Å². The summed E-state index contributed by atoms with van der Waals surface area (Å²) < 4.78 is 34.9. The van der Waals surface area contributed by atoms with Crippen molar-refractivity contribution in [3.63, 3.8) is 0 Å². The average Bonchev–Trinajstić information content (AvgIpc) is 2.80. The minimum absolute atomic E-state index is 0.0214. The summed E-state index contributed by atoms with van der Waals surface area (Å²) in [4.78, 5) is 36.8. The number of carboxylic acid groups (broad SMARTS) is 1. The molecular formula is C22H27N3O8S. The SMILES string of the molecule is COC(=O)[C@H](Cc1cccc(OCCN)c1)NC(=O)c1cc(C(=O)O)cc(N(C)S(C)(=O)=O)c1. The molecular weight excluding hydrogens is 466 g/mol. The van der Waals surface area contributed by atoms with Crippen molar-refractivity contribution in [2.24, 2.45) is 5.73 Å². The molecule has 1 atom stereocenters. The third-order valence-electron chi connectivity index (χ3n) is 4.80. The minimum atomic E-state index is -3.72. The molecule has 0 aliphatic rings. The first-order chi connectivity index (χ1) is 16.0. The van der Waals surface area contributed by atoms with Gasteiger partial charge in [0.25, 0.3) is 5.91 Å². The molecule has 34 heavy (non-hydrogen) atoms. The van der Waals surface area contributed by atoms with Gasteiger partial charge in [-0.15, -0.1) is 0 Å². The van der Waals surface area contributed by atoms with Gasteiger partial charge >= 0.3 is 11.9 Å². The maximum absolute atomic E-state index is 13.0. The number of carboxylic acids is 1. The number of amides is 1. The molecule has 0 aromatic heterocycles. The molecule has 2 aromatic carbocycles. The molecule has 1 amide bonds. The van der Waals surface area contributed by atoms with E-state index in [1.54, 1.807) is 24.3 Å². The first-order valence-corrected chi connectivity index (χ1v) is 11.9. The fourth-order valence-corrected chi connectivity index (χ4v) is 3.48. The van der Waals surface area contributed by atoms with Crippen LogP contribution >= 0.6 is 0 Å². The van der Waals surface area contributed by atoms with Crippen LogP contribution in [0.1, 0.15) is 26.3 Å². The Balaban J connectivity index is 2.34. The van der Waals surface area contributed by atoms with Crippen LogP contribution in [0.2, 0.25) is 0 Å². The number of esters is 1. The average molecular weight is 494 g/mol. The van der Waals surface area contributed by atoms with Gasteiger partial charge in [0.1, 0.15) is 18.4 Å². The molecule has 2 aromatic rings. The van der Waals surface area contributed by atoms with Crippen LogP contribution in [-0.4, -0.2) is 71.0 Å². The van der Waals surface area contributed by atoms with Crippen LogP contribution in [0, 0.1) is 0 Å². The van der Waals surface area contributed by atoms with E-state index in [0.29, 0.717) is 24.5 Å². The monoisotopic (exact) mass is 493 g/mol. The first kappa shape index (κ1) is 26.6. The Labute approximate surface area is 197 Å². The number of methoxy groups -OCH3 is 1. The lowest BCUT2D eigenvalue weighted by Crippen LogP contribution is -2.43. The molecule has 0 heterocycles. The lowest BCUT2D eigenvalue weighted by atomic mass is 10.0. The van der Waals surface area contributed by atoms with Gasteiger partial charge in [0.05, 0.1) is 24.6 Å². The highest BCUT2D eigenvalue weighted by Crippen LogP contribution is 2.21. The van der Waals surface area contributed by atoms with Crippen molar-refractivity contribution in [3.05, 3.63) is 59.2 Å². The van der Waals surface area contributed by atoms with Crippen LogP contribution < -0.4 is 20.1 Å². The van der Waals surface area contributed by atoms with Crippen molar-refractivity contribution in [1.29, 1.82) is 0 Å². The molecule has 12 heteroatoms. The largest absolute Gasteiger partial charge is 0.492 e. The summed E-state index contributed by atoms with van der Waals surface area (Å²) in [6.45, 7) is 0.641. The van der Waals surface area contributed by atoms with E-state index in [9.17, 15) is 27.9 Å². The Morgan fingerprint density at radius 1 is 1.15 bits per heavy atom. The molecule has 0 spiro atoms. The maximum Gasteiger partial charge on any atom is 0.335 e. The van der Waals surface area contributed by atoms with Crippen LogP contribution in [0.3, 0.4) is 0 Å². The molecule has 0 radical (unpaired) electrons. The predicted octanol–water partition coefficient (Wildman–Crippen LogP) is 0.632. The Hall–Kier alpha value is -3.64. The van der Waals surface area contributed by atoms with Gasteiger partial charge in [-0.25, -0.2) is 18.0 Å². The number of rotatable bonds is 11. The fourth-order valence-electron chi connectivity index (χ4n) is 2.99. The van der Waals surface area contributed by atoms with E-state index in [1.807, 2.05) is 0 Å². The number of benzene rings is 2. The molecule has 4 N–H and O–H groups in total. The molecule has 2 rings (SSSR count). The summed E-state index contributed by atoms with van der Waals surface area (Å²) in [5, 5.41) is 11.9. The molecule has 0 unspecified atom stereocenters. The number of hydrogen-bond donors (Lipinski definition) is 3. The molecule has 11 nitrogen and oxygen atoms in total. The van der Waals surface area contributed by atoms with Crippen LogP contribution in [0.4, 0.5) is 5.69 Å². The highest BCUT2D eigenvalue weighted by atomic mass is 32.2. The second-order valence-corrected chi connectivity index (χ2v) is 9.36. The van der Waals surface area contributed by atoms with Crippen LogP contribution in [0.25, 0.3) is 0 Å². The van der Waals surface area contributed by atoms with Crippen LogP contribution in [-0.2, 0) is 26.0 Å².